The normalized spacial score (nSPS) is 14.4. The third-order valence-corrected chi connectivity index (χ3v) is 3.40. The van der Waals surface area contributed by atoms with Gasteiger partial charge in [-0.25, -0.2) is 0 Å². The lowest BCUT2D eigenvalue weighted by molar-refractivity contribution is -0.139. The second-order valence-corrected chi connectivity index (χ2v) is 4.35. The number of aryl methyl sites for hydroxylation is 1. The van der Waals surface area contributed by atoms with Gasteiger partial charge in [0, 0.05) is 0 Å². The molecular formula is C13H20N2O2. The van der Waals surface area contributed by atoms with E-state index in [1.165, 1.54) is 5.56 Å². The highest BCUT2D eigenvalue weighted by Crippen LogP contribution is 2.23. The maximum absolute atomic E-state index is 11.1. The second kappa shape index (κ2) is 5.29. The number of nitrogens with two attached hydrogens (primary N) is 1. The fourth-order valence-corrected chi connectivity index (χ4v) is 1.97. The molecule has 2 atom stereocenters. The molecule has 0 heterocycles. The Hall–Kier alpha value is -1.39. The smallest absolute Gasteiger partial charge is 0.322 e. The Labute approximate surface area is 102 Å². The van der Waals surface area contributed by atoms with E-state index in [-0.39, 0.29) is 0 Å². The number of carbonyl (C=O) groups is 1. The molecule has 0 radical (unpaired) electrons. The largest absolute Gasteiger partial charge is 0.480 e. The van der Waals surface area contributed by atoms with E-state index in [1.54, 1.807) is 7.05 Å². The van der Waals surface area contributed by atoms with Gasteiger partial charge in [-0.1, -0.05) is 12.1 Å². The SMILES string of the molecule is CNC(C(=O)O)C(N)c1ccc(C)c(C)c1C. The van der Waals surface area contributed by atoms with Gasteiger partial charge in [0.25, 0.3) is 0 Å². The van der Waals surface area contributed by atoms with Crippen molar-refractivity contribution in [1.82, 2.24) is 5.32 Å². The Balaban J connectivity index is 3.16. The van der Waals surface area contributed by atoms with Crippen molar-refractivity contribution in [2.75, 3.05) is 7.05 Å². The van der Waals surface area contributed by atoms with Crippen molar-refractivity contribution in [3.05, 3.63) is 34.4 Å². The highest BCUT2D eigenvalue weighted by atomic mass is 16.4. The zero-order valence-corrected chi connectivity index (χ0v) is 10.7. The average Bonchev–Trinajstić information content (AvgIpc) is 2.26. The third-order valence-electron chi connectivity index (χ3n) is 3.40. The summed E-state index contributed by atoms with van der Waals surface area (Å²) >= 11 is 0. The first-order chi connectivity index (χ1) is 7.90. The molecule has 0 saturated heterocycles. The van der Waals surface area contributed by atoms with Gasteiger partial charge in [0.05, 0.1) is 6.04 Å². The zero-order valence-electron chi connectivity index (χ0n) is 10.7. The Bertz CT molecular complexity index is 430. The summed E-state index contributed by atoms with van der Waals surface area (Å²) < 4.78 is 0. The number of carboxylic acids is 1. The van der Waals surface area contributed by atoms with Crippen LogP contribution in [-0.2, 0) is 4.79 Å². The van der Waals surface area contributed by atoms with Crippen LogP contribution in [0, 0.1) is 20.8 Å². The monoisotopic (exact) mass is 236 g/mol. The van der Waals surface area contributed by atoms with Crippen molar-refractivity contribution in [2.24, 2.45) is 5.73 Å². The van der Waals surface area contributed by atoms with E-state index in [0.29, 0.717) is 0 Å². The van der Waals surface area contributed by atoms with Crippen LogP contribution in [0.4, 0.5) is 0 Å². The molecule has 1 rings (SSSR count). The van der Waals surface area contributed by atoms with E-state index in [9.17, 15) is 4.79 Å². The summed E-state index contributed by atoms with van der Waals surface area (Å²) in [6, 6.07) is 2.58. The van der Waals surface area contributed by atoms with Crippen molar-refractivity contribution < 1.29 is 9.90 Å². The predicted octanol–water partition coefficient (Wildman–Crippen LogP) is 1.28. The standard InChI is InChI=1S/C13H20N2O2/c1-7-5-6-10(9(3)8(7)2)11(14)12(15-4)13(16)17/h5-6,11-12,15H,14H2,1-4H3,(H,16,17). The molecule has 0 aliphatic rings. The lowest BCUT2D eigenvalue weighted by atomic mass is 9.91. The van der Waals surface area contributed by atoms with E-state index in [0.717, 1.165) is 16.7 Å². The van der Waals surface area contributed by atoms with Gasteiger partial charge < -0.3 is 16.2 Å². The van der Waals surface area contributed by atoms with Crippen molar-refractivity contribution in [1.29, 1.82) is 0 Å². The molecular weight excluding hydrogens is 216 g/mol. The topological polar surface area (TPSA) is 75.3 Å². The Morgan fingerprint density at radius 2 is 1.88 bits per heavy atom. The van der Waals surface area contributed by atoms with Crippen LogP contribution < -0.4 is 11.1 Å². The fourth-order valence-electron chi connectivity index (χ4n) is 1.97. The molecule has 17 heavy (non-hydrogen) atoms. The van der Waals surface area contributed by atoms with E-state index < -0.39 is 18.1 Å². The van der Waals surface area contributed by atoms with Crippen LogP contribution in [-0.4, -0.2) is 24.2 Å². The van der Waals surface area contributed by atoms with Gasteiger partial charge in [0.15, 0.2) is 0 Å². The van der Waals surface area contributed by atoms with E-state index in [2.05, 4.69) is 5.32 Å². The van der Waals surface area contributed by atoms with Crippen molar-refractivity contribution in [3.8, 4) is 0 Å². The van der Waals surface area contributed by atoms with Gasteiger partial charge >= 0.3 is 5.97 Å². The lowest BCUT2D eigenvalue weighted by Crippen LogP contribution is -2.43. The van der Waals surface area contributed by atoms with Gasteiger partial charge in [0.2, 0.25) is 0 Å². The van der Waals surface area contributed by atoms with Crippen LogP contribution in [0.2, 0.25) is 0 Å². The van der Waals surface area contributed by atoms with Crippen LogP contribution in [0.1, 0.15) is 28.3 Å². The van der Waals surface area contributed by atoms with Crippen molar-refractivity contribution in [3.63, 3.8) is 0 Å². The van der Waals surface area contributed by atoms with Gasteiger partial charge in [-0.2, -0.15) is 0 Å². The summed E-state index contributed by atoms with van der Waals surface area (Å²) in [5.74, 6) is -0.933. The molecule has 0 amide bonds. The molecule has 4 N–H and O–H groups in total. The molecule has 4 nitrogen and oxygen atoms in total. The van der Waals surface area contributed by atoms with Crippen LogP contribution in [0.15, 0.2) is 12.1 Å². The molecule has 1 aromatic rings. The van der Waals surface area contributed by atoms with E-state index >= 15 is 0 Å². The maximum Gasteiger partial charge on any atom is 0.322 e. The molecule has 0 saturated carbocycles. The minimum absolute atomic E-state index is 0.545. The van der Waals surface area contributed by atoms with Gasteiger partial charge in [-0.05, 0) is 50.1 Å². The molecule has 4 heteroatoms. The first-order valence-corrected chi connectivity index (χ1v) is 5.62. The zero-order chi connectivity index (χ0) is 13.2. The summed E-state index contributed by atoms with van der Waals surface area (Å²) in [6.07, 6.45) is 0. The van der Waals surface area contributed by atoms with E-state index in [4.69, 9.17) is 10.8 Å². The highest BCUT2D eigenvalue weighted by molar-refractivity contribution is 5.75. The van der Waals surface area contributed by atoms with Crippen LogP contribution in [0.5, 0.6) is 0 Å². The summed E-state index contributed by atoms with van der Waals surface area (Å²) in [7, 11) is 1.61. The second-order valence-electron chi connectivity index (χ2n) is 4.35. The number of hydrogen-bond acceptors (Lipinski definition) is 3. The lowest BCUT2D eigenvalue weighted by Gasteiger charge is -2.23. The fraction of sp³-hybridized carbons (Fsp3) is 0.462. The van der Waals surface area contributed by atoms with Gasteiger partial charge in [0.1, 0.15) is 6.04 Å². The third kappa shape index (κ3) is 2.65. The summed E-state index contributed by atoms with van der Waals surface area (Å²) in [4.78, 5) is 11.1. The molecule has 1 aromatic carbocycles. The number of carboxylic acid groups (broad SMARTS) is 1. The average molecular weight is 236 g/mol. The molecule has 94 valence electrons. The van der Waals surface area contributed by atoms with Gasteiger partial charge in [-0.3, -0.25) is 4.79 Å². The molecule has 0 bridgehead atoms. The Kier molecular flexibility index (Phi) is 4.26. The summed E-state index contributed by atoms with van der Waals surface area (Å²) in [6.45, 7) is 6.03. The number of benzene rings is 1. The van der Waals surface area contributed by atoms with Crippen molar-refractivity contribution >= 4 is 5.97 Å². The van der Waals surface area contributed by atoms with Crippen LogP contribution >= 0.6 is 0 Å². The minimum Gasteiger partial charge on any atom is -0.480 e. The number of likely N-dealkylation sites (N-methyl/N-ethyl adjacent to an activating group) is 1. The summed E-state index contributed by atoms with van der Waals surface area (Å²) in [5.41, 5.74) is 10.3. The van der Waals surface area contributed by atoms with E-state index in [1.807, 2.05) is 32.9 Å². The van der Waals surface area contributed by atoms with Crippen LogP contribution in [0.25, 0.3) is 0 Å². The molecule has 0 aromatic heterocycles. The summed E-state index contributed by atoms with van der Waals surface area (Å²) in [5, 5.41) is 11.8. The quantitative estimate of drug-likeness (QED) is 0.736. The van der Waals surface area contributed by atoms with Crippen molar-refractivity contribution in [2.45, 2.75) is 32.9 Å². The number of aliphatic carboxylic acids is 1. The first-order valence-electron chi connectivity index (χ1n) is 5.62. The molecule has 2 unspecified atom stereocenters. The number of rotatable bonds is 4. The highest BCUT2D eigenvalue weighted by Gasteiger charge is 2.26. The van der Waals surface area contributed by atoms with Gasteiger partial charge in [-0.15, -0.1) is 0 Å². The molecule has 0 spiro atoms. The van der Waals surface area contributed by atoms with Crippen LogP contribution in [0.3, 0.4) is 0 Å². The molecule has 0 aliphatic carbocycles. The number of nitrogens with one attached hydrogen (secondary N) is 1. The number of hydrogen-bond donors (Lipinski definition) is 3. The minimum atomic E-state index is -0.933. The first kappa shape index (κ1) is 13.7. The Morgan fingerprint density at radius 1 is 1.29 bits per heavy atom. The maximum atomic E-state index is 11.1. The molecule has 0 fully saturated rings. The Morgan fingerprint density at radius 3 is 2.35 bits per heavy atom. The predicted molar refractivity (Wildman–Crippen MR) is 68.1 cm³/mol. The molecule has 0 aliphatic heterocycles.